The molecule has 1 aromatic carbocycles. The van der Waals surface area contributed by atoms with Crippen LogP contribution in [0.1, 0.15) is 22.3 Å². The fourth-order valence-corrected chi connectivity index (χ4v) is 3.39. The van der Waals surface area contributed by atoms with Gasteiger partial charge in [-0.1, -0.05) is 6.58 Å². The number of alkyl halides is 6. The van der Waals surface area contributed by atoms with Crippen molar-refractivity contribution in [2.24, 2.45) is 0 Å². The van der Waals surface area contributed by atoms with Crippen LogP contribution in [0.25, 0.3) is 0 Å². The zero-order valence-corrected chi connectivity index (χ0v) is 16.7. The van der Waals surface area contributed by atoms with E-state index in [0.29, 0.717) is 6.07 Å². The molecule has 0 aromatic heterocycles. The predicted molar refractivity (Wildman–Crippen MR) is 91.3 cm³/mol. The lowest BCUT2D eigenvalue weighted by molar-refractivity contribution is -0.247. The number of hydrogen-bond donors (Lipinski definition) is 1. The van der Waals surface area contributed by atoms with Crippen molar-refractivity contribution >= 4 is 31.8 Å². The first kappa shape index (κ1) is 26.6. The first-order chi connectivity index (χ1) is 13.7. The van der Waals surface area contributed by atoms with Gasteiger partial charge in [-0.05, 0) is 36.8 Å². The molecule has 0 unspecified atom stereocenters. The summed E-state index contributed by atoms with van der Waals surface area (Å²) in [6.45, 7) is 4.09. The summed E-state index contributed by atoms with van der Waals surface area (Å²) in [5.74, 6) is -9.75. The van der Waals surface area contributed by atoms with Crippen molar-refractivity contribution in [2.75, 3.05) is 0 Å². The third-order valence-corrected chi connectivity index (χ3v) is 5.82. The van der Waals surface area contributed by atoms with E-state index in [4.69, 9.17) is 4.55 Å². The summed E-state index contributed by atoms with van der Waals surface area (Å²) in [5, 5.41) is -13.7. The van der Waals surface area contributed by atoms with Crippen LogP contribution in [0.2, 0.25) is 0 Å². The number of carbonyl (C=O) groups is 2. The molecule has 1 N–H and O–H groups in total. The van der Waals surface area contributed by atoms with Gasteiger partial charge in [-0.3, -0.25) is 14.1 Å². The molecule has 0 aliphatic heterocycles. The molecule has 16 heteroatoms. The molecule has 1 aromatic rings. The van der Waals surface area contributed by atoms with Crippen LogP contribution in [0.3, 0.4) is 0 Å². The molecular formula is C15H12F6O8S2. The standard InChI is InChI=1S/C15H12F6O8S2/c1-3-10(22)7-11(23)9-4-5-12(8(2)6-9)29-31(27,28)15(20,21)13(16,17)14(18,19)30(24,25)26/h3-6H,1,7H2,2H3,(H,24,25,26). The first-order valence-electron chi connectivity index (χ1n) is 7.56. The van der Waals surface area contributed by atoms with Gasteiger partial charge >= 0.3 is 36.7 Å². The van der Waals surface area contributed by atoms with Gasteiger partial charge in [0.15, 0.2) is 11.6 Å². The molecule has 0 saturated carbocycles. The minimum atomic E-state index is -7.17. The van der Waals surface area contributed by atoms with Crippen LogP contribution in [0.4, 0.5) is 26.3 Å². The third kappa shape index (κ3) is 4.74. The fourth-order valence-electron chi connectivity index (χ4n) is 1.91. The summed E-state index contributed by atoms with van der Waals surface area (Å²) in [5.41, 5.74) is -0.673. The topological polar surface area (TPSA) is 132 Å². The molecule has 0 heterocycles. The quantitative estimate of drug-likeness (QED) is 0.130. The van der Waals surface area contributed by atoms with Crippen molar-refractivity contribution in [2.45, 2.75) is 29.8 Å². The largest absolute Gasteiger partial charge is 0.450 e. The summed E-state index contributed by atoms with van der Waals surface area (Å²) in [4.78, 5) is 23.0. The van der Waals surface area contributed by atoms with Crippen molar-refractivity contribution < 1.29 is 61.5 Å². The number of halogens is 6. The lowest BCUT2D eigenvalue weighted by atomic mass is 10.0. The van der Waals surface area contributed by atoms with Gasteiger partial charge in [-0.15, -0.1) is 0 Å². The number of Topliss-reactive ketones (excluding diaryl/α,β-unsaturated/α-hetero) is 1. The second-order valence-corrected chi connectivity index (χ2v) is 8.92. The second kappa shape index (κ2) is 8.23. The molecule has 0 fully saturated rings. The summed E-state index contributed by atoms with van der Waals surface area (Å²) in [6, 6.07) is 2.12. The number of hydrogen-bond acceptors (Lipinski definition) is 7. The Kier molecular flexibility index (Phi) is 7.06. The maximum Gasteiger partial charge on any atom is 0.450 e. The van der Waals surface area contributed by atoms with Gasteiger partial charge in [0.25, 0.3) is 0 Å². The molecule has 0 amide bonds. The van der Waals surface area contributed by atoms with Gasteiger partial charge in [0.2, 0.25) is 0 Å². The zero-order valence-electron chi connectivity index (χ0n) is 15.1. The highest BCUT2D eigenvalue weighted by atomic mass is 32.2. The predicted octanol–water partition coefficient (Wildman–Crippen LogP) is 2.74. The third-order valence-electron chi connectivity index (χ3n) is 3.63. The van der Waals surface area contributed by atoms with Gasteiger partial charge in [-0.25, -0.2) is 0 Å². The van der Waals surface area contributed by atoms with Crippen LogP contribution in [0, 0.1) is 6.92 Å². The van der Waals surface area contributed by atoms with Crippen LogP contribution in [0.5, 0.6) is 5.75 Å². The molecule has 0 radical (unpaired) electrons. The number of aryl methyl sites for hydroxylation is 1. The smallest absolute Gasteiger partial charge is 0.378 e. The SMILES string of the molecule is C=CC(=O)CC(=O)c1ccc(OS(=O)(=O)C(F)(F)C(F)(F)C(F)(F)S(=O)(=O)O)c(C)c1. The maximum atomic E-state index is 13.8. The van der Waals surface area contributed by atoms with E-state index in [1.165, 1.54) is 0 Å². The molecule has 8 nitrogen and oxygen atoms in total. The lowest BCUT2D eigenvalue weighted by Crippen LogP contribution is -2.61. The van der Waals surface area contributed by atoms with Gasteiger partial charge in [-0.2, -0.15) is 43.2 Å². The van der Waals surface area contributed by atoms with Gasteiger partial charge in [0.05, 0.1) is 6.42 Å². The number of benzene rings is 1. The summed E-state index contributed by atoms with van der Waals surface area (Å²) in [6.07, 6.45) is 0.176. The average molecular weight is 498 g/mol. The molecule has 174 valence electrons. The van der Waals surface area contributed by atoms with Crippen molar-refractivity contribution in [1.29, 1.82) is 0 Å². The Hall–Kier alpha value is -2.46. The lowest BCUT2D eigenvalue weighted by Gasteiger charge is -2.29. The minimum absolute atomic E-state index is 0.243. The van der Waals surface area contributed by atoms with Gasteiger partial charge in [0, 0.05) is 5.56 Å². The van der Waals surface area contributed by atoms with E-state index >= 15 is 0 Å². The van der Waals surface area contributed by atoms with E-state index in [1.807, 2.05) is 0 Å². The number of carbonyl (C=O) groups excluding carboxylic acids is 2. The Balaban J connectivity index is 3.34. The molecule has 1 rings (SSSR count). The monoisotopic (exact) mass is 498 g/mol. The highest BCUT2D eigenvalue weighted by Gasteiger charge is 2.83. The van der Waals surface area contributed by atoms with Gasteiger partial charge in [0.1, 0.15) is 5.75 Å². The van der Waals surface area contributed by atoms with Crippen molar-refractivity contribution in [1.82, 2.24) is 0 Å². The van der Waals surface area contributed by atoms with E-state index in [-0.39, 0.29) is 5.56 Å². The Morgan fingerprint density at radius 3 is 2.00 bits per heavy atom. The molecule has 0 atom stereocenters. The minimum Gasteiger partial charge on any atom is -0.378 e. The number of allylic oxidation sites excluding steroid dienone is 1. The first-order valence-corrected chi connectivity index (χ1v) is 10.4. The van der Waals surface area contributed by atoms with Crippen LogP contribution < -0.4 is 4.18 Å². The molecule has 0 aliphatic carbocycles. The van der Waals surface area contributed by atoms with E-state index < -0.39 is 66.0 Å². The van der Waals surface area contributed by atoms with Crippen LogP contribution in [-0.2, 0) is 25.0 Å². The molecule has 0 spiro atoms. The van der Waals surface area contributed by atoms with Crippen LogP contribution in [-0.4, -0.2) is 49.4 Å². The normalized spacial score (nSPS) is 13.5. The summed E-state index contributed by atoms with van der Waals surface area (Å²) in [7, 11) is -14.2. The molecular weight excluding hydrogens is 486 g/mol. The van der Waals surface area contributed by atoms with Crippen LogP contribution >= 0.6 is 0 Å². The molecule has 0 aliphatic rings. The highest BCUT2D eigenvalue weighted by Crippen LogP contribution is 2.51. The van der Waals surface area contributed by atoms with E-state index in [2.05, 4.69) is 10.8 Å². The maximum absolute atomic E-state index is 13.8. The summed E-state index contributed by atoms with van der Waals surface area (Å²) >= 11 is 0. The van der Waals surface area contributed by atoms with Gasteiger partial charge < -0.3 is 4.18 Å². The van der Waals surface area contributed by atoms with Crippen molar-refractivity contribution in [3.63, 3.8) is 0 Å². The number of rotatable bonds is 10. The molecule has 0 bridgehead atoms. The van der Waals surface area contributed by atoms with E-state index in [9.17, 15) is 52.8 Å². The molecule has 31 heavy (non-hydrogen) atoms. The van der Waals surface area contributed by atoms with Crippen molar-refractivity contribution in [3.05, 3.63) is 42.0 Å². The Bertz CT molecular complexity index is 1130. The zero-order chi connectivity index (χ0) is 24.6. The van der Waals surface area contributed by atoms with E-state index in [1.54, 1.807) is 0 Å². The highest BCUT2D eigenvalue weighted by molar-refractivity contribution is 7.88. The fraction of sp³-hybridized carbons (Fsp3) is 0.333. The van der Waals surface area contributed by atoms with Crippen LogP contribution in [0.15, 0.2) is 30.9 Å². The average Bonchev–Trinajstić information content (AvgIpc) is 2.61. The summed E-state index contributed by atoms with van der Waals surface area (Å²) < 4.78 is 137. The molecule has 0 saturated heterocycles. The van der Waals surface area contributed by atoms with Crippen molar-refractivity contribution in [3.8, 4) is 5.75 Å². The Morgan fingerprint density at radius 1 is 1.06 bits per heavy atom. The Labute approximate surface area is 171 Å². The van der Waals surface area contributed by atoms with E-state index in [0.717, 1.165) is 25.1 Å². The second-order valence-electron chi connectivity index (χ2n) is 5.87. The number of ketones is 2. The Morgan fingerprint density at radius 2 is 1.58 bits per heavy atom.